The van der Waals surface area contributed by atoms with Crippen molar-refractivity contribution < 1.29 is 28.6 Å². The summed E-state index contributed by atoms with van der Waals surface area (Å²) >= 11 is 0. The lowest BCUT2D eigenvalue weighted by Crippen LogP contribution is -2.32. The van der Waals surface area contributed by atoms with Crippen LogP contribution in [0.15, 0.2) is 17.2 Å². The van der Waals surface area contributed by atoms with Crippen LogP contribution < -0.4 is 25.4 Å². The first-order chi connectivity index (χ1) is 10.4. The SMILES string of the molecule is COc1cc(/C=N\NC(=O)C(N)=O)cc(OC)c1OC(C)=O. The largest absolute Gasteiger partial charge is 0.493 e. The summed E-state index contributed by atoms with van der Waals surface area (Å²) in [6, 6.07) is 3.00. The molecule has 9 nitrogen and oxygen atoms in total. The Morgan fingerprint density at radius 2 is 1.73 bits per heavy atom. The molecular weight excluding hydrogens is 294 g/mol. The van der Waals surface area contributed by atoms with E-state index in [0.717, 1.165) is 0 Å². The predicted octanol–water partition coefficient (Wildman–Crippen LogP) is -0.435. The Balaban J connectivity index is 3.07. The lowest BCUT2D eigenvalue weighted by Gasteiger charge is -2.13. The molecule has 0 spiro atoms. The Hall–Kier alpha value is -3.10. The molecule has 0 fully saturated rings. The zero-order chi connectivity index (χ0) is 16.7. The van der Waals surface area contributed by atoms with Crippen molar-refractivity contribution in [3.05, 3.63) is 17.7 Å². The molecule has 0 saturated heterocycles. The Morgan fingerprint density at radius 1 is 1.18 bits per heavy atom. The Morgan fingerprint density at radius 3 is 2.14 bits per heavy atom. The van der Waals surface area contributed by atoms with E-state index in [1.807, 2.05) is 5.43 Å². The topological polar surface area (TPSA) is 129 Å². The van der Waals surface area contributed by atoms with Crippen LogP contribution in [0.5, 0.6) is 17.2 Å². The number of esters is 1. The molecule has 0 aliphatic heterocycles. The van der Waals surface area contributed by atoms with Gasteiger partial charge in [0.1, 0.15) is 0 Å². The van der Waals surface area contributed by atoms with Crippen molar-refractivity contribution in [2.45, 2.75) is 6.92 Å². The Labute approximate surface area is 126 Å². The number of ether oxygens (including phenoxy) is 3. The number of amides is 2. The van der Waals surface area contributed by atoms with Gasteiger partial charge in [0.15, 0.2) is 11.5 Å². The molecular formula is C13H15N3O6. The molecule has 1 aromatic rings. The molecule has 22 heavy (non-hydrogen) atoms. The zero-order valence-corrected chi connectivity index (χ0v) is 12.2. The van der Waals surface area contributed by atoms with E-state index in [0.29, 0.717) is 5.56 Å². The summed E-state index contributed by atoms with van der Waals surface area (Å²) < 4.78 is 15.3. The average molecular weight is 309 g/mol. The maximum absolute atomic E-state index is 11.1. The van der Waals surface area contributed by atoms with Crippen LogP contribution in [0.1, 0.15) is 12.5 Å². The molecule has 0 atom stereocenters. The molecule has 0 saturated carbocycles. The van der Waals surface area contributed by atoms with Crippen LogP contribution in [0.25, 0.3) is 0 Å². The maximum Gasteiger partial charge on any atom is 0.329 e. The molecule has 0 aromatic heterocycles. The van der Waals surface area contributed by atoms with Crippen LogP contribution in [0.2, 0.25) is 0 Å². The van der Waals surface area contributed by atoms with Gasteiger partial charge in [0.25, 0.3) is 0 Å². The monoisotopic (exact) mass is 309 g/mol. The molecule has 2 amide bonds. The summed E-state index contributed by atoms with van der Waals surface area (Å²) in [5.74, 6) is -2.15. The summed E-state index contributed by atoms with van der Waals surface area (Å²) in [5, 5.41) is 3.56. The van der Waals surface area contributed by atoms with E-state index in [1.165, 1.54) is 39.5 Å². The highest BCUT2D eigenvalue weighted by Crippen LogP contribution is 2.38. The van der Waals surface area contributed by atoms with E-state index in [4.69, 9.17) is 19.9 Å². The molecule has 9 heteroatoms. The third-order valence-corrected chi connectivity index (χ3v) is 2.33. The predicted molar refractivity (Wildman–Crippen MR) is 75.8 cm³/mol. The van der Waals surface area contributed by atoms with Crippen molar-refractivity contribution in [1.29, 1.82) is 0 Å². The highest BCUT2D eigenvalue weighted by Gasteiger charge is 2.15. The summed E-state index contributed by atoms with van der Waals surface area (Å²) in [4.78, 5) is 32.6. The number of methoxy groups -OCH3 is 2. The van der Waals surface area contributed by atoms with Crippen molar-refractivity contribution in [2.24, 2.45) is 10.8 Å². The smallest absolute Gasteiger partial charge is 0.329 e. The van der Waals surface area contributed by atoms with E-state index >= 15 is 0 Å². The number of hydrazone groups is 1. The van der Waals surface area contributed by atoms with Gasteiger partial charge in [-0.25, -0.2) is 5.43 Å². The summed E-state index contributed by atoms with van der Waals surface area (Å²) in [6.45, 7) is 1.24. The number of hydrogen-bond acceptors (Lipinski definition) is 7. The first-order valence-corrected chi connectivity index (χ1v) is 5.96. The number of rotatable bonds is 5. The van der Waals surface area contributed by atoms with Crippen molar-refractivity contribution in [2.75, 3.05) is 14.2 Å². The van der Waals surface area contributed by atoms with Crippen LogP contribution in [0.3, 0.4) is 0 Å². The van der Waals surface area contributed by atoms with Gasteiger partial charge in [-0.15, -0.1) is 0 Å². The minimum atomic E-state index is -1.16. The summed E-state index contributed by atoms with van der Waals surface area (Å²) in [7, 11) is 2.77. The van der Waals surface area contributed by atoms with Crippen molar-refractivity contribution in [3.8, 4) is 17.2 Å². The molecule has 0 bridgehead atoms. The van der Waals surface area contributed by atoms with Gasteiger partial charge in [0.2, 0.25) is 5.75 Å². The molecule has 3 N–H and O–H groups in total. The normalized spacial score (nSPS) is 10.1. The number of carbonyl (C=O) groups is 3. The minimum Gasteiger partial charge on any atom is -0.493 e. The van der Waals surface area contributed by atoms with Crippen molar-refractivity contribution >= 4 is 24.0 Å². The first kappa shape index (κ1) is 17.0. The Bertz CT molecular complexity index is 601. The maximum atomic E-state index is 11.1. The van der Waals surface area contributed by atoms with Crippen molar-refractivity contribution in [3.63, 3.8) is 0 Å². The van der Waals surface area contributed by atoms with E-state index < -0.39 is 17.8 Å². The zero-order valence-electron chi connectivity index (χ0n) is 12.2. The molecule has 0 unspecified atom stereocenters. The van der Waals surface area contributed by atoms with Crippen molar-refractivity contribution in [1.82, 2.24) is 5.43 Å². The number of primary amides is 1. The highest BCUT2D eigenvalue weighted by atomic mass is 16.6. The highest BCUT2D eigenvalue weighted by molar-refractivity contribution is 6.34. The van der Waals surface area contributed by atoms with Gasteiger partial charge >= 0.3 is 17.8 Å². The van der Waals surface area contributed by atoms with Gasteiger partial charge in [-0.2, -0.15) is 5.10 Å². The Kier molecular flexibility index (Phi) is 5.87. The van der Waals surface area contributed by atoms with E-state index in [-0.39, 0.29) is 17.2 Å². The fourth-order valence-electron chi connectivity index (χ4n) is 1.44. The number of carbonyl (C=O) groups excluding carboxylic acids is 3. The molecule has 1 rings (SSSR count). The lowest BCUT2D eigenvalue weighted by atomic mass is 10.2. The van der Waals surface area contributed by atoms with Gasteiger partial charge in [-0.3, -0.25) is 14.4 Å². The average Bonchev–Trinajstić information content (AvgIpc) is 2.47. The molecule has 0 aliphatic carbocycles. The van der Waals surface area contributed by atoms with E-state index in [9.17, 15) is 14.4 Å². The molecule has 118 valence electrons. The van der Waals surface area contributed by atoms with E-state index in [1.54, 1.807) is 0 Å². The van der Waals surface area contributed by atoms with Crippen LogP contribution >= 0.6 is 0 Å². The quantitative estimate of drug-likeness (QED) is 0.249. The second-order valence-corrected chi connectivity index (χ2v) is 3.91. The van der Waals surface area contributed by atoms with Gasteiger partial charge in [0, 0.05) is 12.5 Å². The minimum absolute atomic E-state index is 0.121. The van der Waals surface area contributed by atoms with Gasteiger partial charge in [-0.05, 0) is 12.1 Å². The third kappa shape index (κ3) is 4.47. The fourth-order valence-corrected chi connectivity index (χ4v) is 1.44. The molecule has 0 radical (unpaired) electrons. The number of benzene rings is 1. The van der Waals surface area contributed by atoms with E-state index in [2.05, 4.69) is 5.10 Å². The second kappa shape index (κ2) is 7.62. The number of nitrogens with one attached hydrogen (secondary N) is 1. The van der Waals surface area contributed by atoms with Crippen LogP contribution in [0, 0.1) is 0 Å². The number of hydrogen-bond donors (Lipinski definition) is 2. The lowest BCUT2D eigenvalue weighted by molar-refractivity contribution is -0.137. The molecule has 1 aromatic carbocycles. The van der Waals surface area contributed by atoms with Crippen LogP contribution in [-0.2, 0) is 14.4 Å². The van der Waals surface area contributed by atoms with Gasteiger partial charge in [-0.1, -0.05) is 0 Å². The third-order valence-electron chi connectivity index (χ3n) is 2.33. The van der Waals surface area contributed by atoms with Crippen LogP contribution in [-0.4, -0.2) is 38.2 Å². The number of nitrogens with zero attached hydrogens (tertiary/aromatic N) is 1. The number of nitrogens with two attached hydrogens (primary N) is 1. The summed E-state index contributed by atoms with van der Waals surface area (Å²) in [6.07, 6.45) is 1.24. The summed E-state index contributed by atoms with van der Waals surface area (Å²) in [5.41, 5.74) is 7.17. The first-order valence-electron chi connectivity index (χ1n) is 5.96. The standard InChI is InChI=1S/C13H15N3O6/c1-7(17)22-11-9(20-2)4-8(5-10(11)21-3)6-15-16-13(19)12(14)18/h4-6H,1-3H3,(H2,14,18)(H,16,19)/b15-6-. The van der Waals surface area contributed by atoms with Gasteiger partial charge < -0.3 is 19.9 Å². The second-order valence-electron chi connectivity index (χ2n) is 3.91. The van der Waals surface area contributed by atoms with Crippen LogP contribution in [0.4, 0.5) is 0 Å². The molecule has 0 heterocycles. The van der Waals surface area contributed by atoms with Gasteiger partial charge in [0.05, 0.1) is 20.4 Å². The molecule has 0 aliphatic rings. The fraction of sp³-hybridized carbons (Fsp3) is 0.231.